The predicted molar refractivity (Wildman–Crippen MR) is 387 cm³/mol. The molecule has 14 aromatic carbocycles. The van der Waals surface area contributed by atoms with Crippen LogP contribution in [0.1, 0.15) is 23.0 Å². The number of aromatic hydroxyl groups is 2. The molecule has 1 fully saturated rings. The van der Waals surface area contributed by atoms with Gasteiger partial charge in [-0.25, -0.2) is 0 Å². The van der Waals surface area contributed by atoms with Gasteiger partial charge in [-0.05, 0) is 150 Å². The third kappa shape index (κ3) is 11.4. The molecule has 6 heteroatoms. The van der Waals surface area contributed by atoms with Gasteiger partial charge < -0.3 is 30.2 Å². The quantitative estimate of drug-likeness (QED) is 0.0771. The Morgan fingerprint density at radius 3 is 0.574 bits per heavy atom. The van der Waals surface area contributed by atoms with Gasteiger partial charge in [0.15, 0.2) is 0 Å². The van der Waals surface area contributed by atoms with Gasteiger partial charge in [-0.15, -0.1) is 0 Å². The second kappa shape index (κ2) is 25.8. The van der Waals surface area contributed by atoms with E-state index >= 15 is 0 Å². The zero-order chi connectivity index (χ0) is 63.5. The maximum absolute atomic E-state index is 12.2. The van der Waals surface area contributed by atoms with Crippen LogP contribution < -0.4 is 9.80 Å². The minimum absolute atomic E-state index is 0.0646. The summed E-state index contributed by atoms with van der Waals surface area (Å²) in [5, 5.41) is 48.8. The van der Waals surface area contributed by atoms with E-state index in [2.05, 4.69) is 301 Å². The minimum Gasteiger partial charge on any atom is -0.508 e. The number of hydrogen-bond acceptors (Lipinski definition) is 6. The highest BCUT2D eigenvalue weighted by molar-refractivity contribution is 5.90. The average molecular weight is 1220 g/mol. The first kappa shape index (κ1) is 58.6. The summed E-state index contributed by atoms with van der Waals surface area (Å²) in [5.74, 6) is -1.81. The van der Waals surface area contributed by atoms with E-state index in [9.17, 15) is 20.4 Å². The molecule has 0 amide bonds. The maximum Gasteiger partial charge on any atom is 0.121 e. The first-order valence-electron chi connectivity index (χ1n) is 31.9. The van der Waals surface area contributed by atoms with Crippen LogP contribution >= 0.6 is 0 Å². The first-order valence-corrected chi connectivity index (χ1v) is 31.9. The van der Waals surface area contributed by atoms with Crippen molar-refractivity contribution in [2.75, 3.05) is 9.80 Å². The lowest BCUT2D eigenvalue weighted by Gasteiger charge is -2.47. The number of anilines is 6. The van der Waals surface area contributed by atoms with Crippen LogP contribution in [0.4, 0.5) is 34.1 Å². The molecule has 0 aliphatic heterocycles. The minimum atomic E-state index is -1.13. The average Bonchev–Trinajstić information content (AvgIpc) is 0.756. The number of aliphatic hydroxyl groups is 2. The lowest BCUT2D eigenvalue weighted by molar-refractivity contribution is -0.0797. The van der Waals surface area contributed by atoms with Gasteiger partial charge in [-0.3, -0.25) is 0 Å². The van der Waals surface area contributed by atoms with Crippen LogP contribution in [-0.4, -0.2) is 32.6 Å². The van der Waals surface area contributed by atoms with E-state index < -0.39 is 24.0 Å². The number of aliphatic hydroxyl groups excluding tert-OH is 2. The second-order valence-electron chi connectivity index (χ2n) is 24.0. The van der Waals surface area contributed by atoms with E-state index in [1.165, 1.54) is 0 Å². The van der Waals surface area contributed by atoms with Crippen LogP contribution in [0.25, 0.3) is 89.0 Å². The normalized spacial score (nSPS) is 15.0. The molecule has 14 aromatic rings. The summed E-state index contributed by atoms with van der Waals surface area (Å²) in [7, 11) is 0. The standard InChI is InChI=1S/C88H66N2O4/c91-83-57-71(89(67-45-37-63(38-46-67)77-33-17-13-29-73(77)59-21-5-1-6-22-59)68-47-39-64(40-48-68)78-34-18-14-30-74(78)60-23-7-2-8-24-60)53-55-81(83)85-87(93)86(88(85)94)82-56-54-72(58-84(82)92)90(69-49-41-65(42-50-69)79-35-19-15-31-75(79)61-25-9-3-10-26-61)70-51-43-66(44-52-70)80-36-20-16-32-76(80)62-27-11-4-12-28-62/h1-58,85-88,91-94H. The van der Waals surface area contributed by atoms with E-state index in [-0.39, 0.29) is 11.5 Å². The fourth-order valence-corrected chi connectivity index (χ4v) is 13.8. The number of rotatable bonds is 16. The molecule has 0 unspecified atom stereocenters. The van der Waals surface area contributed by atoms with Crippen LogP contribution in [0.5, 0.6) is 11.5 Å². The molecule has 0 radical (unpaired) electrons. The summed E-state index contributed by atoms with van der Waals surface area (Å²) in [6.07, 6.45) is -2.27. The van der Waals surface area contributed by atoms with Gasteiger partial charge in [0, 0.05) is 69.2 Å². The second-order valence-corrected chi connectivity index (χ2v) is 24.0. The van der Waals surface area contributed by atoms with Crippen LogP contribution in [-0.2, 0) is 0 Å². The number of hydrogen-bond donors (Lipinski definition) is 4. The van der Waals surface area contributed by atoms with E-state index in [1.807, 2.05) is 36.4 Å². The van der Waals surface area contributed by atoms with Gasteiger partial charge in [0.05, 0.1) is 12.2 Å². The Labute approximate surface area is 548 Å². The summed E-state index contributed by atoms with van der Waals surface area (Å²) < 4.78 is 0. The third-order valence-electron chi connectivity index (χ3n) is 18.5. The monoisotopic (exact) mass is 1210 g/mol. The fourth-order valence-electron chi connectivity index (χ4n) is 13.8. The molecule has 1 aliphatic rings. The molecule has 452 valence electrons. The van der Waals surface area contributed by atoms with Crippen molar-refractivity contribution in [3.63, 3.8) is 0 Å². The lowest BCUT2D eigenvalue weighted by atomic mass is 9.63. The largest absolute Gasteiger partial charge is 0.508 e. The summed E-state index contributed by atoms with van der Waals surface area (Å²) in [5.41, 5.74) is 23.5. The molecule has 6 nitrogen and oxygen atoms in total. The molecule has 0 heterocycles. The van der Waals surface area contributed by atoms with Crippen molar-refractivity contribution in [2.45, 2.75) is 24.0 Å². The highest BCUT2D eigenvalue weighted by Crippen LogP contribution is 2.54. The van der Waals surface area contributed by atoms with E-state index in [4.69, 9.17) is 0 Å². The Morgan fingerprint density at radius 2 is 0.372 bits per heavy atom. The molecule has 1 aliphatic carbocycles. The predicted octanol–water partition coefficient (Wildman–Crippen LogP) is 22.0. The Balaban J connectivity index is 0.737. The highest BCUT2D eigenvalue weighted by Gasteiger charge is 2.52. The molecule has 0 saturated heterocycles. The summed E-state index contributed by atoms with van der Waals surface area (Å²) >= 11 is 0. The van der Waals surface area contributed by atoms with Gasteiger partial charge in [0.1, 0.15) is 11.5 Å². The molecule has 1 saturated carbocycles. The molecule has 15 rings (SSSR count). The molecule has 0 atom stereocenters. The van der Waals surface area contributed by atoms with Crippen molar-refractivity contribution in [3.05, 3.63) is 363 Å². The molecule has 0 spiro atoms. The van der Waals surface area contributed by atoms with E-state index in [1.54, 1.807) is 24.3 Å². The summed E-state index contributed by atoms with van der Waals surface area (Å²) in [6.45, 7) is 0. The van der Waals surface area contributed by atoms with Crippen molar-refractivity contribution < 1.29 is 20.4 Å². The molecule has 4 N–H and O–H groups in total. The molecule has 0 bridgehead atoms. The smallest absolute Gasteiger partial charge is 0.121 e. The van der Waals surface area contributed by atoms with Gasteiger partial charge in [0.2, 0.25) is 0 Å². The fraction of sp³-hybridized carbons (Fsp3) is 0.0455. The van der Waals surface area contributed by atoms with Crippen molar-refractivity contribution in [1.82, 2.24) is 0 Å². The SMILES string of the molecule is Oc1cc(N(c2ccc(-c3ccccc3-c3ccccc3)cc2)c2ccc(-c3ccccc3-c3ccccc3)cc2)ccc1C1C(O)C(c2ccc(N(c3ccc(-c4ccccc4-c4ccccc4)cc3)c3ccc(-c4ccccc4-c4ccccc4)cc3)cc2O)C1O. The highest BCUT2D eigenvalue weighted by atomic mass is 16.3. The number of benzene rings is 14. The molecule has 0 aromatic heterocycles. The zero-order valence-corrected chi connectivity index (χ0v) is 51.5. The molecular weight excluding hydrogens is 1150 g/mol. The summed E-state index contributed by atoms with van der Waals surface area (Å²) in [4.78, 5) is 4.23. The maximum atomic E-state index is 12.2. The van der Waals surface area contributed by atoms with Crippen molar-refractivity contribution >= 4 is 34.1 Å². The lowest BCUT2D eigenvalue weighted by Crippen LogP contribution is -2.51. The Morgan fingerprint density at radius 1 is 0.191 bits per heavy atom. The zero-order valence-electron chi connectivity index (χ0n) is 51.5. The Hall–Kier alpha value is -11.8. The van der Waals surface area contributed by atoms with Gasteiger partial charge in [0.25, 0.3) is 0 Å². The summed E-state index contributed by atoms with van der Waals surface area (Å²) in [6, 6.07) is 120. The number of nitrogens with zero attached hydrogens (tertiary/aromatic N) is 2. The Bertz CT molecular complexity index is 4370. The van der Waals surface area contributed by atoms with Crippen LogP contribution in [0.2, 0.25) is 0 Å². The number of phenols is 2. The van der Waals surface area contributed by atoms with Crippen molar-refractivity contribution in [2.24, 2.45) is 0 Å². The first-order chi connectivity index (χ1) is 46.3. The van der Waals surface area contributed by atoms with Crippen LogP contribution in [0.15, 0.2) is 352 Å². The Kier molecular flexibility index (Phi) is 16.1. The molecule has 94 heavy (non-hydrogen) atoms. The number of phenolic OH excluding ortho intramolecular Hbond substituents is 2. The van der Waals surface area contributed by atoms with Crippen LogP contribution in [0.3, 0.4) is 0 Å². The van der Waals surface area contributed by atoms with E-state index in [0.717, 1.165) is 112 Å². The van der Waals surface area contributed by atoms with Gasteiger partial charge >= 0.3 is 0 Å². The third-order valence-corrected chi connectivity index (χ3v) is 18.5. The van der Waals surface area contributed by atoms with Crippen molar-refractivity contribution in [3.8, 4) is 101 Å². The van der Waals surface area contributed by atoms with Gasteiger partial charge in [-0.2, -0.15) is 0 Å². The van der Waals surface area contributed by atoms with Crippen LogP contribution in [0, 0.1) is 0 Å². The van der Waals surface area contributed by atoms with Crippen molar-refractivity contribution in [1.29, 1.82) is 0 Å². The molecular formula is C88H66N2O4. The topological polar surface area (TPSA) is 87.4 Å². The van der Waals surface area contributed by atoms with Gasteiger partial charge in [-0.1, -0.05) is 279 Å². The van der Waals surface area contributed by atoms with E-state index in [0.29, 0.717) is 22.5 Å².